The first-order valence-electron chi connectivity index (χ1n) is 6.22. The number of aromatic nitrogens is 1. The summed E-state index contributed by atoms with van der Waals surface area (Å²) < 4.78 is 11.6. The highest BCUT2D eigenvalue weighted by molar-refractivity contribution is 9.10. The number of halogens is 1. The first-order chi connectivity index (χ1) is 9.63. The Morgan fingerprint density at radius 3 is 2.60 bits per heavy atom. The normalized spacial score (nSPS) is 10.2. The van der Waals surface area contributed by atoms with Gasteiger partial charge in [-0.3, -0.25) is 0 Å². The average molecular weight is 337 g/mol. The Labute approximate surface area is 127 Å². The van der Waals surface area contributed by atoms with Crippen molar-refractivity contribution in [1.29, 1.82) is 0 Å². The minimum atomic E-state index is 0.619. The molecule has 0 bridgehead atoms. The van der Waals surface area contributed by atoms with E-state index in [0.29, 0.717) is 6.54 Å². The van der Waals surface area contributed by atoms with Gasteiger partial charge in [-0.25, -0.2) is 4.98 Å². The van der Waals surface area contributed by atoms with Crippen molar-refractivity contribution in [3.63, 3.8) is 0 Å². The molecule has 0 saturated heterocycles. The lowest BCUT2D eigenvalue weighted by molar-refractivity contribution is 0.399. The molecule has 0 aliphatic heterocycles. The average Bonchev–Trinajstić information content (AvgIpc) is 2.48. The first-order valence-corrected chi connectivity index (χ1v) is 7.01. The van der Waals surface area contributed by atoms with Gasteiger partial charge in [-0.05, 0) is 53.2 Å². The van der Waals surface area contributed by atoms with Gasteiger partial charge in [-0.2, -0.15) is 0 Å². The van der Waals surface area contributed by atoms with Crippen molar-refractivity contribution in [2.75, 3.05) is 19.5 Å². The number of hydrogen-bond acceptors (Lipinski definition) is 4. The third kappa shape index (κ3) is 3.42. The van der Waals surface area contributed by atoms with Crippen LogP contribution in [0.5, 0.6) is 11.5 Å². The number of nitrogens with one attached hydrogen (secondary N) is 1. The predicted octanol–water partition coefficient (Wildman–Crippen LogP) is 3.78. The van der Waals surface area contributed by atoms with Crippen molar-refractivity contribution >= 4 is 21.7 Å². The maximum absolute atomic E-state index is 5.35. The van der Waals surface area contributed by atoms with Crippen molar-refractivity contribution in [1.82, 2.24) is 4.98 Å². The van der Waals surface area contributed by atoms with Gasteiger partial charge in [0.05, 0.1) is 19.9 Å². The van der Waals surface area contributed by atoms with E-state index in [1.54, 1.807) is 14.2 Å². The minimum Gasteiger partial charge on any atom is -0.497 e. The molecule has 106 valence electrons. The Kier molecular flexibility index (Phi) is 4.84. The van der Waals surface area contributed by atoms with Gasteiger partial charge in [0.25, 0.3) is 0 Å². The Morgan fingerprint density at radius 1 is 1.15 bits per heavy atom. The highest BCUT2D eigenvalue weighted by Gasteiger charge is 2.06. The molecule has 1 heterocycles. The standard InChI is InChI=1S/C15H17BrN2O2/c1-10-13(16)5-7-15(18-10)17-9-11-8-12(19-2)4-6-14(11)20-3/h4-8H,9H2,1-3H3,(H,17,18). The second kappa shape index (κ2) is 6.61. The highest BCUT2D eigenvalue weighted by Crippen LogP contribution is 2.25. The van der Waals surface area contributed by atoms with Crippen LogP contribution in [0, 0.1) is 6.92 Å². The van der Waals surface area contributed by atoms with E-state index in [2.05, 4.69) is 26.2 Å². The quantitative estimate of drug-likeness (QED) is 0.902. The Hall–Kier alpha value is -1.75. The van der Waals surface area contributed by atoms with Crippen molar-refractivity contribution < 1.29 is 9.47 Å². The van der Waals surface area contributed by atoms with Crippen LogP contribution >= 0.6 is 15.9 Å². The number of rotatable bonds is 5. The number of methoxy groups -OCH3 is 2. The zero-order valence-electron chi connectivity index (χ0n) is 11.7. The van der Waals surface area contributed by atoms with Crippen molar-refractivity contribution in [2.24, 2.45) is 0 Å². The first kappa shape index (κ1) is 14.7. The highest BCUT2D eigenvalue weighted by atomic mass is 79.9. The van der Waals surface area contributed by atoms with E-state index < -0.39 is 0 Å². The third-order valence-corrected chi connectivity index (χ3v) is 3.81. The molecule has 0 spiro atoms. The molecule has 0 saturated carbocycles. The SMILES string of the molecule is COc1ccc(OC)c(CNc2ccc(Br)c(C)n2)c1. The molecule has 4 nitrogen and oxygen atoms in total. The van der Waals surface area contributed by atoms with Gasteiger partial charge < -0.3 is 14.8 Å². The van der Waals surface area contributed by atoms with E-state index in [1.807, 2.05) is 37.3 Å². The lowest BCUT2D eigenvalue weighted by Gasteiger charge is -2.12. The van der Waals surface area contributed by atoms with Crippen LogP contribution in [0.4, 0.5) is 5.82 Å². The van der Waals surface area contributed by atoms with Crippen LogP contribution in [0.2, 0.25) is 0 Å². The van der Waals surface area contributed by atoms with E-state index in [0.717, 1.165) is 33.0 Å². The summed E-state index contributed by atoms with van der Waals surface area (Å²) in [5, 5.41) is 3.29. The van der Waals surface area contributed by atoms with Gasteiger partial charge in [-0.15, -0.1) is 0 Å². The molecule has 1 aromatic carbocycles. The second-order valence-corrected chi connectivity index (χ2v) is 5.15. The van der Waals surface area contributed by atoms with Crippen molar-refractivity contribution in [3.05, 3.63) is 46.1 Å². The minimum absolute atomic E-state index is 0.619. The second-order valence-electron chi connectivity index (χ2n) is 4.30. The summed E-state index contributed by atoms with van der Waals surface area (Å²) in [4.78, 5) is 4.46. The largest absolute Gasteiger partial charge is 0.497 e. The summed E-state index contributed by atoms with van der Waals surface area (Å²) >= 11 is 3.44. The fourth-order valence-corrected chi connectivity index (χ4v) is 2.07. The number of ether oxygens (including phenoxy) is 2. The lowest BCUT2D eigenvalue weighted by Crippen LogP contribution is -2.04. The van der Waals surface area contributed by atoms with Crippen LogP contribution in [0.25, 0.3) is 0 Å². The van der Waals surface area contributed by atoms with Gasteiger partial charge in [0.15, 0.2) is 0 Å². The topological polar surface area (TPSA) is 43.4 Å². The molecular weight excluding hydrogens is 320 g/mol. The van der Waals surface area contributed by atoms with Gasteiger partial charge >= 0.3 is 0 Å². The third-order valence-electron chi connectivity index (χ3n) is 2.97. The predicted molar refractivity (Wildman–Crippen MR) is 83.5 cm³/mol. The number of anilines is 1. The smallest absolute Gasteiger partial charge is 0.126 e. The van der Waals surface area contributed by atoms with Crippen LogP contribution in [-0.2, 0) is 6.54 Å². The molecule has 0 amide bonds. The molecule has 0 radical (unpaired) electrons. The maximum atomic E-state index is 5.35. The van der Waals surface area contributed by atoms with E-state index >= 15 is 0 Å². The molecule has 0 aliphatic carbocycles. The van der Waals surface area contributed by atoms with Gasteiger partial charge in [-0.1, -0.05) is 0 Å². The maximum Gasteiger partial charge on any atom is 0.126 e. The van der Waals surface area contributed by atoms with E-state index in [4.69, 9.17) is 9.47 Å². The van der Waals surface area contributed by atoms with Crippen LogP contribution in [0.3, 0.4) is 0 Å². The van der Waals surface area contributed by atoms with Crippen LogP contribution < -0.4 is 14.8 Å². The summed E-state index contributed by atoms with van der Waals surface area (Å²) in [6, 6.07) is 9.65. The summed E-state index contributed by atoms with van der Waals surface area (Å²) in [7, 11) is 3.31. The molecule has 0 aliphatic rings. The van der Waals surface area contributed by atoms with E-state index in [-0.39, 0.29) is 0 Å². The van der Waals surface area contributed by atoms with E-state index in [9.17, 15) is 0 Å². The Bertz CT molecular complexity index is 602. The number of benzene rings is 1. The zero-order valence-corrected chi connectivity index (χ0v) is 13.3. The molecule has 1 aromatic heterocycles. The fourth-order valence-electron chi connectivity index (χ4n) is 1.85. The van der Waals surface area contributed by atoms with Crippen molar-refractivity contribution in [3.8, 4) is 11.5 Å². The fraction of sp³-hybridized carbons (Fsp3) is 0.267. The van der Waals surface area contributed by atoms with Crippen LogP contribution in [0.15, 0.2) is 34.8 Å². The molecule has 1 N–H and O–H groups in total. The summed E-state index contributed by atoms with van der Waals surface area (Å²) in [5.41, 5.74) is 1.97. The summed E-state index contributed by atoms with van der Waals surface area (Å²) in [6.07, 6.45) is 0. The number of hydrogen-bond donors (Lipinski definition) is 1. The number of nitrogens with zero attached hydrogens (tertiary/aromatic N) is 1. The molecule has 20 heavy (non-hydrogen) atoms. The number of aryl methyl sites for hydroxylation is 1. The van der Waals surface area contributed by atoms with Gasteiger partial charge in [0.2, 0.25) is 0 Å². The van der Waals surface area contributed by atoms with Crippen molar-refractivity contribution in [2.45, 2.75) is 13.5 Å². The van der Waals surface area contributed by atoms with Gasteiger partial charge in [0.1, 0.15) is 17.3 Å². The molecule has 2 rings (SSSR count). The molecule has 2 aromatic rings. The summed E-state index contributed by atoms with van der Waals surface area (Å²) in [5.74, 6) is 2.46. The van der Waals surface area contributed by atoms with E-state index in [1.165, 1.54) is 0 Å². The molecule has 0 atom stereocenters. The Morgan fingerprint density at radius 2 is 1.95 bits per heavy atom. The van der Waals surface area contributed by atoms with Gasteiger partial charge in [0, 0.05) is 16.6 Å². The van der Waals surface area contributed by atoms with Crippen LogP contribution in [0.1, 0.15) is 11.3 Å². The molecule has 0 fully saturated rings. The monoisotopic (exact) mass is 336 g/mol. The Balaban J connectivity index is 2.15. The lowest BCUT2D eigenvalue weighted by atomic mass is 10.2. The summed E-state index contributed by atoms with van der Waals surface area (Å²) in [6.45, 7) is 2.58. The number of pyridine rings is 1. The molecular formula is C15H17BrN2O2. The molecule has 0 unspecified atom stereocenters. The van der Waals surface area contributed by atoms with Crippen LogP contribution in [-0.4, -0.2) is 19.2 Å². The zero-order chi connectivity index (χ0) is 14.5. The molecule has 5 heteroatoms.